The van der Waals surface area contributed by atoms with Crippen LogP contribution in [0.4, 0.5) is 0 Å². The smallest absolute Gasteiger partial charge is 0.133 e. The lowest BCUT2D eigenvalue weighted by molar-refractivity contribution is -0.130. The van der Waals surface area contributed by atoms with E-state index in [2.05, 4.69) is 41.5 Å². The fraction of sp³-hybridized carbons (Fsp3) is 0.957. The normalized spacial score (nSPS) is 35.6. The molecule has 0 aliphatic heterocycles. The first-order valence-corrected chi connectivity index (χ1v) is 10.7. The van der Waals surface area contributed by atoms with Gasteiger partial charge in [-0.1, -0.05) is 67.2 Å². The van der Waals surface area contributed by atoms with Crippen molar-refractivity contribution in [3.05, 3.63) is 0 Å². The highest BCUT2D eigenvalue weighted by atomic mass is 16.1. The van der Waals surface area contributed by atoms with Crippen LogP contribution in [0.5, 0.6) is 0 Å². The third-order valence-corrected chi connectivity index (χ3v) is 8.33. The Morgan fingerprint density at radius 1 is 1.25 bits per heavy atom. The maximum atomic E-state index is 11.9. The number of fused-ring (bicyclic) bond motifs is 1. The van der Waals surface area contributed by atoms with Gasteiger partial charge in [0.05, 0.1) is 0 Å². The second-order valence-corrected chi connectivity index (χ2v) is 10.2. The van der Waals surface area contributed by atoms with Crippen molar-refractivity contribution < 1.29 is 4.79 Å². The molecule has 0 aromatic rings. The molecule has 24 heavy (non-hydrogen) atoms. The topological polar surface area (TPSA) is 17.1 Å². The Hall–Kier alpha value is -0.330. The number of ketones is 1. The molecule has 0 radical (unpaired) electrons. The second kappa shape index (κ2) is 7.92. The molecule has 0 aromatic heterocycles. The van der Waals surface area contributed by atoms with Gasteiger partial charge in [-0.3, -0.25) is 4.79 Å². The number of rotatable bonds is 7. The molecule has 2 aliphatic carbocycles. The Kier molecular flexibility index (Phi) is 6.59. The van der Waals surface area contributed by atoms with Crippen LogP contribution < -0.4 is 0 Å². The van der Waals surface area contributed by atoms with Gasteiger partial charge in [0.15, 0.2) is 0 Å². The molecule has 0 bridgehead atoms. The van der Waals surface area contributed by atoms with Crippen LogP contribution in [0.2, 0.25) is 0 Å². The van der Waals surface area contributed by atoms with Crippen LogP contribution in [0.15, 0.2) is 0 Å². The van der Waals surface area contributed by atoms with Crippen LogP contribution in [0.3, 0.4) is 0 Å². The summed E-state index contributed by atoms with van der Waals surface area (Å²) in [4.78, 5) is 11.9. The van der Waals surface area contributed by atoms with E-state index in [1.807, 2.05) is 0 Å². The van der Waals surface area contributed by atoms with Crippen molar-refractivity contribution >= 4 is 5.78 Å². The van der Waals surface area contributed by atoms with Gasteiger partial charge in [-0.2, -0.15) is 0 Å². The molecule has 0 heterocycles. The van der Waals surface area contributed by atoms with E-state index in [-0.39, 0.29) is 0 Å². The average molecular weight is 335 g/mol. The minimum Gasteiger partial charge on any atom is -0.300 e. The van der Waals surface area contributed by atoms with E-state index in [9.17, 15) is 4.79 Å². The molecule has 0 saturated heterocycles. The first-order chi connectivity index (χ1) is 11.2. The molecular formula is C23H42O. The van der Waals surface area contributed by atoms with Crippen LogP contribution in [0.1, 0.15) is 106 Å². The third kappa shape index (κ3) is 4.44. The fourth-order valence-electron chi connectivity index (χ4n) is 5.62. The van der Waals surface area contributed by atoms with Crippen molar-refractivity contribution in [3.8, 4) is 0 Å². The van der Waals surface area contributed by atoms with Crippen molar-refractivity contribution in [2.75, 3.05) is 0 Å². The van der Waals surface area contributed by atoms with E-state index in [4.69, 9.17) is 0 Å². The minimum absolute atomic E-state index is 0.426. The van der Waals surface area contributed by atoms with Crippen molar-refractivity contribution in [1.29, 1.82) is 0 Å². The zero-order valence-corrected chi connectivity index (χ0v) is 17.3. The van der Waals surface area contributed by atoms with Gasteiger partial charge in [-0.15, -0.1) is 0 Å². The average Bonchev–Trinajstić information content (AvgIpc) is 2.54. The summed E-state index contributed by atoms with van der Waals surface area (Å²) >= 11 is 0. The highest BCUT2D eigenvalue weighted by Gasteiger charge is 2.49. The van der Waals surface area contributed by atoms with Crippen molar-refractivity contribution in [1.82, 2.24) is 0 Å². The van der Waals surface area contributed by atoms with Gasteiger partial charge in [0, 0.05) is 12.8 Å². The molecule has 0 aromatic carbocycles. The zero-order chi connectivity index (χ0) is 18.0. The Balaban J connectivity index is 1.85. The summed E-state index contributed by atoms with van der Waals surface area (Å²) in [5, 5.41) is 0. The van der Waals surface area contributed by atoms with Crippen LogP contribution in [0, 0.1) is 34.5 Å². The van der Waals surface area contributed by atoms with Crippen molar-refractivity contribution in [2.24, 2.45) is 34.5 Å². The minimum atomic E-state index is 0.426. The molecule has 0 spiro atoms. The number of hydrogen-bond acceptors (Lipinski definition) is 1. The summed E-state index contributed by atoms with van der Waals surface area (Å²) in [6, 6.07) is 0. The third-order valence-electron chi connectivity index (χ3n) is 8.33. The first-order valence-electron chi connectivity index (χ1n) is 10.7. The van der Waals surface area contributed by atoms with E-state index in [0.29, 0.717) is 22.5 Å². The molecule has 5 unspecified atom stereocenters. The molecule has 1 nitrogen and oxygen atoms in total. The number of carbonyl (C=O) groups excluding carboxylic acids is 1. The molecule has 1 heteroatoms. The summed E-state index contributed by atoms with van der Waals surface area (Å²) in [6.45, 7) is 14.6. The van der Waals surface area contributed by atoms with E-state index in [1.54, 1.807) is 0 Å². The van der Waals surface area contributed by atoms with Crippen molar-refractivity contribution in [3.63, 3.8) is 0 Å². The Morgan fingerprint density at radius 2 is 1.96 bits per heavy atom. The fourth-order valence-corrected chi connectivity index (χ4v) is 5.62. The molecule has 0 N–H and O–H groups in total. The van der Waals surface area contributed by atoms with Gasteiger partial charge < -0.3 is 0 Å². The van der Waals surface area contributed by atoms with Crippen LogP contribution in [-0.2, 0) is 4.79 Å². The largest absolute Gasteiger partial charge is 0.300 e. The molecule has 2 aliphatic rings. The summed E-state index contributed by atoms with van der Waals surface area (Å²) in [7, 11) is 0. The highest BCUT2D eigenvalue weighted by Crippen LogP contribution is 2.56. The van der Waals surface area contributed by atoms with E-state index < -0.39 is 0 Å². The second-order valence-electron chi connectivity index (χ2n) is 10.2. The lowest BCUT2D eigenvalue weighted by atomic mass is 9.51. The predicted molar refractivity (Wildman–Crippen MR) is 104 cm³/mol. The van der Waals surface area contributed by atoms with Gasteiger partial charge in [0.1, 0.15) is 5.78 Å². The Morgan fingerprint density at radius 3 is 2.62 bits per heavy atom. The number of carbonyl (C=O) groups is 1. The lowest BCUT2D eigenvalue weighted by Gasteiger charge is -2.53. The quantitative estimate of drug-likeness (QED) is 0.456. The number of Topliss-reactive ketones (excluding diaryl/α,β-unsaturated/α-hetero) is 1. The maximum absolute atomic E-state index is 11.9. The zero-order valence-electron chi connectivity index (χ0n) is 17.3. The molecule has 140 valence electrons. The number of unbranched alkanes of at least 4 members (excludes halogenated alkanes) is 1. The summed E-state index contributed by atoms with van der Waals surface area (Å²) in [6.07, 6.45) is 12.4. The van der Waals surface area contributed by atoms with Gasteiger partial charge >= 0.3 is 0 Å². The molecule has 2 rings (SSSR count). The summed E-state index contributed by atoms with van der Waals surface area (Å²) in [5.74, 6) is 3.70. The molecule has 2 saturated carbocycles. The Labute approximate surface area is 151 Å². The monoisotopic (exact) mass is 334 g/mol. The maximum Gasteiger partial charge on any atom is 0.133 e. The first kappa shape index (κ1) is 20.0. The van der Waals surface area contributed by atoms with Crippen LogP contribution in [0.25, 0.3) is 0 Å². The SMILES string of the molecule is CCC(C)(C)CCCCC(C)C1CCC2CC(=O)CCC2(C)C1C. The summed E-state index contributed by atoms with van der Waals surface area (Å²) < 4.78 is 0. The van der Waals surface area contributed by atoms with E-state index in [0.717, 1.165) is 37.0 Å². The van der Waals surface area contributed by atoms with Crippen molar-refractivity contribution in [2.45, 2.75) is 106 Å². The molecule has 5 atom stereocenters. The lowest BCUT2D eigenvalue weighted by Crippen LogP contribution is -2.47. The predicted octanol–water partition coefficient (Wildman–Crippen LogP) is 7.04. The molecular weight excluding hydrogens is 292 g/mol. The van der Waals surface area contributed by atoms with Gasteiger partial charge in [0.2, 0.25) is 0 Å². The molecule has 0 amide bonds. The highest BCUT2D eigenvalue weighted by molar-refractivity contribution is 5.79. The van der Waals surface area contributed by atoms with Crippen LogP contribution >= 0.6 is 0 Å². The van der Waals surface area contributed by atoms with E-state index >= 15 is 0 Å². The molecule has 2 fully saturated rings. The Bertz CT molecular complexity index is 424. The number of hydrogen-bond donors (Lipinski definition) is 0. The van der Waals surface area contributed by atoms with Gasteiger partial charge in [-0.05, 0) is 60.2 Å². The summed E-state index contributed by atoms with van der Waals surface area (Å²) in [5.41, 5.74) is 0.950. The van der Waals surface area contributed by atoms with E-state index in [1.165, 1.54) is 44.9 Å². The standard InChI is InChI=1S/C23H42O/c1-7-22(4,5)14-9-8-10-17(2)21-12-11-19-16-20(24)13-15-23(19,6)18(21)3/h17-19,21H,7-16H2,1-6H3. The van der Waals surface area contributed by atoms with Gasteiger partial charge in [-0.25, -0.2) is 0 Å². The van der Waals surface area contributed by atoms with Gasteiger partial charge in [0.25, 0.3) is 0 Å². The van der Waals surface area contributed by atoms with Crippen LogP contribution in [-0.4, -0.2) is 5.78 Å².